The van der Waals surface area contributed by atoms with E-state index in [0.29, 0.717) is 33.0 Å². The van der Waals surface area contributed by atoms with Crippen molar-refractivity contribution in [1.82, 2.24) is 34.6 Å². The number of H-pyrrole nitrogens is 1. The summed E-state index contributed by atoms with van der Waals surface area (Å²) in [7, 11) is 0. The number of piperidine rings is 1. The summed E-state index contributed by atoms with van der Waals surface area (Å²) in [6, 6.07) is 7.30. The first-order chi connectivity index (χ1) is 18.0. The molecule has 37 heavy (non-hydrogen) atoms. The highest BCUT2D eigenvalue weighted by Gasteiger charge is 2.37. The number of imidazole rings is 1. The van der Waals surface area contributed by atoms with Crippen LogP contribution in [0.5, 0.6) is 0 Å². The van der Waals surface area contributed by atoms with Gasteiger partial charge in [0.05, 0.1) is 18.6 Å². The maximum Gasteiger partial charge on any atom is 0.190 e. The van der Waals surface area contributed by atoms with Crippen LogP contribution in [0.1, 0.15) is 42.8 Å². The Bertz CT molecular complexity index is 1450. The molecular formula is C26H27Cl2N9. The lowest BCUT2D eigenvalue weighted by Crippen LogP contribution is -2.53. The van der Waals surface area contributed by atoms with Crippen molar-refractivity contribution in [3.05, 3.63) is 63.9 Å². The fourth-order valence-electron chi connectivity index (χ4n) is 5.60. The van der Waals surface area contributed by atoms with E-state index >= 15 is 0 Å². The van der Waals surface area contributed by atoms with Gasteiger partial charge in [0.25, 0.3) is 0 Å². The van der Waals surface area contributed by atoms with Crippen LogP contribution >= 0.6 is 23.2 Å². The molecule has 3 aromatic heterocycles. The third-order valence-electron chi connectivity index (χ3n) is 7.67. The minimum atomic E-state index is -0.244. The summed E-state index contributed by atoms with van der Waals surface area (Å²) in [5.74, 6) is 2.12. The monoisotopic (exact) mass is 535 g/mol. The number of rotatable bonds is 6. The van der Waals surface area contributed by atoms with Crippen LogP contribution in [-0.2, 0) is 6.54 Å². The van der Waals surface area contributed by atoms with E-state index in [9.17, 15) is 5.26 Å². The molecule has 0 aliphatic carbocycles. The van der Waals surface area contributed by atoms with Gasteiger partial charge in [-0.1, -0.05) is 29.3 Å². The first-order valence-electron chi connectivity index (χ1n) is 12.5. The van der Waals surface area contributed by atoms with Crippen LogP contribution in [0, 0.1) is 23.2 Å². The van der Waals surface area contributed by atoms with Crippen molar-refractivity contribution in [2.45, 2.75) is 32.4 Å². The van der Waals surface area contributed by atoms with E-state index in [1.165, 1.54) is 18.5 Å². The summed E-state index contributed by atoms with van der Waals surface area (Å²) >= 11 is 12.6. The molecule has 11 heteroatoms. The normalized spacial score (nSPS) is 19.6. The number of likely N-dealkylation sites (tertiary alicyclic amines) is 1. The lowest BCUT2D eigenvalue weighted by atomic mass is 9.80. The number of fused-ring (bicyclic) bond motifs is 1. The van der Waals surface area contributed by atoms with Crippen LogP contribution in [0.4, 0.5) is 5.82 Å². The standard InChI is InChI=1S/C26H27Cl2N9/c1-16(21-5-4-19(27)7-22(21)28)37-26-25(23(8-29)34-37)31-10-24(33-26)36-12-18(13-36)17-3-2-6-35(11-17)14-20-9-30-15-32-20/h4-5,7,9-10,15-18H,2-3,6,11-14H2,1H3,(H,30,32)/t16?,17-/m0/s1. The van der Waals surface area contributed by atoms with E-state index < -0.39 is 0 Å². The Labute approximate surface area is 225 Å². The van der Waals surface area contributed by atoms with Gasteiger partial charge in [-0.25, -0.2) is 19.6 Å². The Balaban J connectivity index is 1.19. The van der Waals surface area contributed by atoms with Crippen LogP contribution in [0.25, 0.3) is 11.2 Å². The molecular weight excluding hydrogens is 509 g/mol. The van der Waals surface area contributed by atoms with Gasteiger partial charge in [-0.2, -0.15) is 10.4 Å². The van der Waals surface area contributed by atoms with E-state index in [-0.39, 0.29) is 11.7 Å². The number of anilines is 1. The zero-order valence-electron chi connectivity index (χ0n) is 20.5. The second kappa shape index (κ2) is 9.93. The highest BCUT2D eigenvalue weighted by Crippen LogP contribution is 2.35. The second-order valence-electron chi connectivity index (χ2n) is 10.0. The third-order valence-corrected chi connectivity index (χ3v) is 8.23. The summed E-state index contributed by atoms with van der Waals surface area (Å²) in [4.78, 5) is 21.7. The average Bonchev–Trinajstić information content (AvgIpc) is 3.50. The molecule has 0 spiro atoms. The molecule has 0 saturated carbocycles. The molecule has 4 aromatic rings. The first kappa shape index (κ1) is 24.2. The van der Waals surface area contributed by atoms with Crippen molar-refractivity contribution in [1.29, 1.82) is 5.26 Å². The van der Waals surface area contributed by atoms with E-state index in [1.807, 2.05) is 19.2 Å². The summed E-state index contributed by atoms with van der Waals surface area (Å²) in [5, 5.41) is 15.3. The van der Waals surface area contributed by atoms with Crippen molar-refractivity contribution in [3.8, 4) is 6.07 Å². The Morgan fingerprint density at radius 1 is 1.19 bits per heavy atom. The molecule has 9 nitrogen and oxygen atoms in total. The molecule has 2 fully saturated rings. The van der Waals surface area contributed by atoms with Crippen LogP contribution < -0.4 is 4.90 Å². The highest BCUT2D eigenvalue weighted by molar-refractivity contribution is 6.35. The summed E-state index contributed by atoms with van der Waals surface area (Å²) in [6.45, 7) is 7.07. The van der Waals surface area contributed by atoms with E-state index in [1.54, 1.807) is 29.3 Å². The number of benzene rings is 1. The fourth-order valence-corrected chi connectivity index (χ4v) is 6.17. The Morgan fingerprint density at radius 3 is 2.81 bits per heavy atom. The van der Waals surface area contributed by atoms with Crippen molar-refractivity contribution >= 4 is 40.2 Å². The van der Waals surface area contributed by atoms with Crippen molar-refractivity contribution < 1.29 is 0 Å². The lowest BCUT2D eigenvalue weighted by Gasteiger charge is -2.47. The van der Waals surface area contributed by atoms with E-state index in [4.69, 9.17) is 28.2 Å². The van der Waals surface area contributed by atoms with Gasteiger partial charge in [0.15, 0.2) is 11.3 Å². The number of aromatic nitrogens is 6. The van der Waals surface area contributed by atoms with Crippen LogP contribution in [0.15, 0.2) is 36.9 Å². The molecule has 2 atom stereocenters. The first-order valence-corrected chi connectivity index (χ1v) is 13.3. The van der Waals surface area contributed by atoms with Gasteiger partial charge < -0.3 is 9.88 Å². The smallest absolute Gasteiger partial charge is 0.190 e. The van der Waals surface area contributed by atoms with Crippen molar-refractivity contribution in [2.75, 3.05) is 31.1 Å². The zero-order chi connectivity index (χ0) is 25.5. The van der Waals surface area contributed by atoms with Crippen LogP contribution in [0.3, 0.4) is 0 Å². The van der Waals surface area contributed by atoms with Gasteiger partial charge in [-0.3, -0.25) is 4.90 Å². The molecule has 1 unspecified atom stereocenters. The molecule has 2 aliphatic rings. The minimum absolute atomic E-state index is 0.244. The molecule has 6 rings (SSSR count). The Hall–Kier alpha value is -3.19. The zero-order valence-corrected chi connectivity index (χ0v) is 22.0. The maximum absolute atomic E-state index is 9.65. The predicted molar refractivity (Wildman–Crippen MR) is 143 cm³/mol. The fraction of sp³-hybridized carbons (Fsp3) is 0.423. The lowest BCUT2D eigenvalue weighted by molar-refractivity contribution is 0.113. The molecule has 1 aromatic carbocycles. The molecule has 0 radical (unpaired) electrons. The number of hydrogen-bond donors (Lipinski definition) is 1. The molecule has 2 aliphatic heterocycles. The molecule has 1 N–H and O–H groups in total. The number of hydrogen-bond acceptors (Lipinski definition) is 7. The molecule has 2 saturated heterocycles. The third kappa shape index (κ3) is 4.65. The minimum Gasteiger partial charge on any atom is -0.355 e. The van der Waals surface area contributed by atoms with Crippen LogP contribution in [0.2, 0.25) is 10.0 Å². The number of nitrogens with one attached hydrogen (secondary N) is 1. The maximum atomic E-state index is 9.65. The van der Waals surface area contributed by atoms with E-state index in [0.717, 1.165) is 44.1 Å². The average molecular weight is 536 g/mol. The highest BCUT2D eigenvalue weighted by atomic mass is 35.5. The number of halogens is 2. The van der Waals surface area contributed by atoms with Gasteiger partial charge in [0.2, 0.25) is 0 Å². The SMILES string of the molecule is CC(c1ccc(Cl)cc1Cl)n1nc(C#N)c2ncc(N3CC([C@H]4CCCN(Cc5cnc[nH]5)C4)C3)nc21. The van der Waals surface area contributed by atoms with Gasteiger partial charge in [-0.15, -0.1) is 0 Å². The topological polar surface area (TPSA) is 103 Å². The van der Waals surface area contributed by atoms with Crippen LogP contribution in [-0.4, -0.2) is 60.8 Å². The van der Waals surface area contributed by atoms with Gasteiger partial charge in [0, 0.05) is 48.1 Å². The Morgan fingerprint density at radius 2 is 2.05 bits per heavy atom. The quantitative estimate of drug-likeness (QED) is 0.382. The number of nitriles is 1. The number of nitrogens with zero attached hydrogens (tertiary/aromatic N) is 8. The van der Waals surface area contributed by atoms with Gasteiger partial charge >= 0.3 is 0 Å². The predicted octanol–water partition coefficient (Wildman–Crippen LogP) is 4.69. The molecule has 190 valence electrons. The molecule has 5 heterocycles. The summed E-state index contributed by atoms with van der Waals surface area (Å²) in [6.07, 6.45) is 7.90. The van der Waals surface area contributed by atoms with Gasteiger partial charge in [0.1, 0.15) is 17.4 Å². The summed E-state index contributed by atoms with van der Waals surface area (Å²) in [5.41, 5.74) is 3.36. The molecule has 0 bridgehead atoms. The second-order valence-corrected chi connectivity index (χ2v) is 10.9. The number of aromatic amines is 1. The van der Waals surface area contributed by atoms with Crippen molar-refractivity contribution in [3.63, 3.8) is 0 Å². The van der Waals surface area contributed by atoms with Crippen molar-refractivity contribution in [2.24, 2.45) is 11.8 Å². The molecule has 0 amide bonds. The van der Waals surface area contributed by atoms with E-state index in [2.05, 4.69) is 35.9 Å². The summed E-state index contributed by atoms with van der Waals surface area (Å²) < 4.78 is 1.74. The largest absolute Gasteiger partial charge is 0.355 e. The Kier molecular flexibility index (Phi) is 6.49. The van der Waals surface area contributed by atoms with Gasteiger partial charge in [-0.05, 0) is 55.8 Å².